The first-order valence-electron chi connectivity index (χ1n) is 5.81. The molecule has 8 heteroatoms. The maximum atomic E-state index is 12.5. The maximum absolute atomic E-state index is 12.5. The lowest BCUT2D eigenvalue weighted by molar-refractivity contribution is -0.141. The maximum Gasteiger partial charge on any atom is 0.433 e. The van der Waals surface area contributed by atoms with Gasteiger partial charge in [0.1, 0.15) is 5.82 Å². The van der Waals surface area contributed by atoms with Crippen LogP contribution in [0.5, 0.6) is 0 Å². The van der Waals surface area contributed by atoms with Gasteiger partial charge in [0.2, 0.25) is 5.28 Å². The average molecular weight is 296 g/mol. The molecule has 0 amide bonds. The van der Waals surface area contributed by atoms with Crippen LogP contribution in [0.15, 0.2) is 6.07 Å². The molecule has 0 saturated heterocycles. The summed E-state index contributed by atoms with van der Waals surface area (Å²) in [7, 11) is 0. The van der Waals surface area contributed by atoms with Crippen molar-refractivity contribution >= 4 is 17.4 Å². The quantitative estimate of drug-likeness (QED) is 0.820. The monoisotopic (exact) mass is 295 g/mol. The van der Waals surface area contributed by atoms with Gasteiger partial charge in [0, 0.05) is 19.2 Å². The summed E-state index contributed by atoms with van der Waals surface area (Å²) in [5.74, 6) is 0.0524. The van der Waals surface area contributed by atoms with E-state index in [1.165, 1.54) is 0 Å². The number of rotatable bonds is 5. The lowest BCUT2D eigenvalue weighted by Gasteiger charge is -2.15. The Bertz CT molecular complexity index is 463. The van der Waals surface area contributed by atoms with Crippen molar-refractivity contribution in [2.45, 2.75) is 25.4 Å². The zero-order valence-corrected chi connectivity index (χ0v) is 10.7. The van der Waals surface area contributed by atoms with Gasteiger partial charge < -0.3 is 10.4 Å². The molecule has 1 saturated carbocycles. The third-order valence-electron chi connectivity index (χ3n) is 3.23. The van der Waals surface area contributed by atoms with Gasteiger partial charge in [0.05, 0.1) is 0 Å². The molecule has 0 spiro atoms. The number of hydrogen-bond donors (Lipinski definition) is 2. The first kappa shape index (κ1) is 14.3. The molecule has 0 radical (unpaired) electrons. The van der Waals surface area contributed by atoms with E-state index in [0.29, 0.717) is 13.0 Å². The smallest absolute Gasteiger partial charge is 0.396 e. The van der Waals surface area contributed by atoms with Crippen LogP contribution in [-0.4, -0.2) is 28.2 Å². The summed E-state index contributed by atoms with van der Waals surface area (Å²) in [6.07, 6.45) is -2.02. The van der Waals surface area contributed by atoms with E-state index in [0.717, 1.165) is 18.9 Å². The van der Waals surface area contributed by atoms with Crippen LogP contribution in [0, 0.1) is 5.41 Å². The standard InChI is InChI=1S/C11H13ClF3N3O/c12-9-17-7(11(13,14)15)5-8(18-9)16-6-10(1-2-10)3-4-19/h5,19H,1-4,6H2,(H,16,17,18). The highest BCUT2D eigenvalue weighted by atomic mass is 35.5. The van der Waals surface area contributed by atoms with E-state index >= 15 is 0 Å². The Balaban J connectivity index is 2.06. The SMILES string of the molecule is OCCC1(CNc2cc(C(F)(F)F)nc(Cl)n2)CC1. The summed E-state index contributed by atoms with van der Waals surface area (Å²) in [6.45, 7) is 0.540. The Morgan fingerprint density at radius 2 is 2.05 bits per heavy atom. The summed E-state index contributed by atoms with van der Waals surface area (Å²) in [5.41, 5.74) is -1.09. The minimum atomic E-state index is -4.55. The molecule has 0 bridgehead atoms. The number of aliphatic hydroxyl groups is 1. The lowest BCUT2D eigenvalue weighted by Crippen LogP contribution is -2.18. The number of aromatic nitrogens is 2. The fourth-order valence-corrected chi connectivity index (χ4v) is 2.04. The largest absolute Gasteiger partial charge is 0.433 e. The van der Waals surface area contributed by atoms with E-state index < -0.39 is 17.2 Å². The molecule has 1 heterocycles. The Hall–Kier alpha value is -1.08. The molecule has 0 unspecified atom stereocenters. The second kappa shape index (κ2) is 5.13. The molecule has 0 aliphatic heterocycles. The van der Waals surface area contributed by atoms with Crippen LogP contribution in [0.4, 0.5) is 19.0 Å². The Morgan fingerprint density at radius 1 is 1.37 bits per heavy atom. The van der Waals surface area contributed by atoms with E-state index in [-0.39, 0.29) is 17.8 Å². The van der Waals surface area contributed by atoms with Gasteiger partial charge in [-0.2, -0.15) is 13.2 Å². The van der Waals surface area contributed by atoms with E-state index in [1.807, 2.05) is 0 Å². The first-order valence-corrected chi connectivity index (χ1v) is 6.19. The van der Waals surface area contributed by atoms with Gasteiger partial charge in [-0.05, 0) is 36.3 Å². The van der Waals surface area contributed by atoms with E-state index in [4.69, 9.17) is 16.7 Å². The molecular formula is C11H13ClF3N3O. The predicted molar refractivity (Wildman–Crippen MR) is 63.9 cm³/mol. The number of anilines is 1. The number of aliphatic hydroxyl groups excluding tert-OH is 1. The molecule has 2 N–H and O–H groups in total. The van der Waals surface area contributed by atoms with Gasteiger partial charge >= 0.3 is 6.18 Å². The van der Waals surface area contributed by atoms with Crippen molar-refractivity contribution < 1.29 is 18.3 Å². The highest BCUT2D eigenvalue weighted by molar-refractivity contribution is 6.28. The number of hydrogen-bond acceptors (Lipinski definition) is 4. The Labute approximate surface area is 113 Å². The van der Waals surface area contributed by atoms with Crippen molar-refractivity contribution in [3.63, 3.8) is 0 Å². The number of alkyl halides is 3. The minimum absolute atomic E-state index is 0.0232. The van der Waals surface area contributed by atoms with Crippen LogP contribution in [0.25, 0.3) is 0 Å². The first-order chi connectivity index (χ1) is 8.85. The summed E-state index contributed by atoms with van der Waals surface area (Å²) in [5, 5.41) is 11.3. The van der Waals surface area contributed by atoms with Crippen LogP contribution < -0.4 is 5.32 Å². The molecule has 1 fully saturated rings. The van der Waals surface area contributed by atoms with Crippen LogP contribution in [0.1, 0.15) is 25.0 Å². The molecule has 2 rings (SSSR count). The van der Waals surface area contributed by atoms with Crippen molar-refractivity contribution in [2.75, 3.05) is 18.5 Å². The van der Waals surface area contributed by atoms with Gasteiger partial charge in [-0.25, -0.2) is 9.97 Å². The van der Waals surface area contributed by atoms with Crippen molar-refractivity contribution in [2.24, 2.45) is 5.41 Å². The number of halogens is 4. The number of nitrogens with one attached hydrogen (secondary N) is 1. The van der Waals surface area contributed by atoms with Gasteiger partial charge in [-0.1, -0.05) is 0 Å². The van der Waals surface area contributed by atoms with Gasteiger partial charge in [-0.15, -0.1) is 0 Å². The number of nitrogens with zero attached hydrogens (tertiary/aromatic N) is 2. The zero-order valence-electron chi connectivity index (χ0n) is 9.97. The van der Waals surface area contributed by atoms with Crippen molar-refractivity contribution in [1.29, 1.82) is 0 Å². The Morgan fingerprint density at radius 3 is 2.58 bits per heavy atom. The van der Waals surface area contributed by atoms with Crippen LogP contribution in [0.3, 0.4) is 0 Å². The fourth-order valence-electron chi connectivity index (χ4n) is 1.86. The average Bonchev–Trinajstić information content (AvgIpc) is 3.06. The van der Waals surface area contributed by atoms with Crippen LogP contribution in [-0.2, 0) is 6.18 Å². The molecule has 19 heavy (non-hydrogen) atoms. The van der Waals surface area contributed by atoms with Crippen molar-refractivity contribution in [3.8, 4) is 0 Å². The van der Waals surface area contributed by atoms with Gasteiger partial charge in [0.25, 0.3) is 0 Å². The second-order valence-electron chi connectivity index (χ2n) is 4.73. The zero-order chi connectivity index (χ0) is 14.1. The molecule has 1 aromatic heterocycles. The summed E-state index contributed by atoms with van der Waals surface area (Å²) < 4.78 is 37.6. The van der Waals surface area contributed by atoms with Crippen LogP contribution >= 0.6 is 11.6 Å². The summed E-state index contributed by atoms with van der Waals surface area (Å²) in [6, 6.07) is 0.834. The predicted octanol–water partition coefficient (Wildman–Crippen LogP) is 2.72. The summed E-state index contributed by atoms with van der Waals surface area (Å²) in [4.78, 5) is 6.87. The minimum Gasteiger partial charge on any atom is -0.396 e. The molecule has 1 aliphatic carbocycles. The molecular weight excluding hydrogens is 283 g/mol. The summed E-state index contributed by atoms with van der Waals surface area (Å²) >= 11 is 5.48. The molecule has 1 aromatic rings. The fraction of sp³-hybridized carbons (Fsp3) is 0.636. The molecule has 0 atom stereocenters. The van der Waals surface area contributed by atoms with E-state index in [2.05, 4.69) is 15.3 Å². The topological polar surface area (TPSA) is 58.0 Å². The molecule has 0 aromatic carbocycles. The highest BCUT2D eigenvalue weighted by Crippen LogP contribution is 2.48. The highest BCUT2D eigenvalue weighted by Gasteiger charge is 2.41. The molecule has 1 aliphatic rings. The van der Waals surface area contributed by atoms with Crippen molar-refractivity contribution in [3.05, 3.63) is 17.0 Å². The normalized spacial score (nSPS) is 17.3. The second-order valence-corrected chi connectivity index (χ2v) is 5.07. The van der Waals surface area contributed by atoms with Gasteiger partial charge in [0.15, 0.2) is 5.69 Å². The van der Waals surface area contributed by atoms with Crippen molar-refractivity contribution in [1.82, 2.24) is 9.97 Å². The van der Waals surface area contributed by atoms with E-state index in [1.54, 1.807) is 0 Å². The molecule has 4 nitrogen and oxygen atoms in total. The molecule has 106 valence electrons. The third-order valence-corrected chi connectivity index (χ3v) is 3.40. The van der Waals surface area contributed by atoms with Crippen LogP contribution in [0.2, 0.25) is 5.28 Å². The lowest BCUT2D eigenvalue weighted by atomic mass is 10.0. The Kier molecular flexibility index (Phi) is 3.87. The van der Waals surface area contributed by atoms with Gasteiger partial charge in [-0.3, -0.25) is 0 Å². The third kappa shape index (κ3) is 3.70. The van der Waals surface area contributed by atoms with E-state index in [9.17, 15) is 13.2 Å².